The van der Waals surface area contributed by atoms with E-state index >= 15 is 0 Å². The second-order valence-corrected chi connectivity index (χ2v) is 7.67. The summed E-state index contributed by atoms with van der Waals surface area (Å²) >= 11 is 5.70. The molecule has 1 aromatic rings. The molecule has 0 saturated heterocycles. The maximum absolute atomic E-state index is 5.34. The lowest BCUT2D eigenvalue weighted by molar-refractivity contribution is 0.413. The second kappa shape index (κ2) is 10.5. The maximum Gasteiger partial charge on any atom is 0.119 e. The Kier molecular flexibility index (Phi) is 9.45. The molecule has 0 radical (unpaired) electrons. The number of hydrogen-bond donors (Lipinski definition) is 1. The van der Waals surface area contributed by atoms with Gasteiger partial charge in [0.05, 0.1) is 7.11 Å². The molecule has 0 aliphatic rings. The van der Waals surface area contributed by atoms with Crippen molar-refractivity contribution in [2.75, 3.05) is 25.2 Å². The van der Waals surface area contributed by atoms with Gasteiger partial charge in [0.2, 0.25) is 0 Å². The molecule has 2 nitrogen and oxygen atoms in total. The van der Waals surface area contributed by atoms with Crippen molar-refractivity contribution >= 4 is 27.7 Å². The summed E-state index contributed by atoms with van der Waals surface area (Å²) in [5, 5.41) is 3.67. The van der Waals surface area contributed by atoms with E-state index in [0.717, 1.165) is 30.4 Å². The lowest BCUT2D eigenvalue weighted by atomic mass is 10.1. The van der Waals surface area contributed by atoms with Crippen LogP contribution in [0.3, 0.4) is 0 Å². The molecule has 21 heavy (non-hydrogen) atoms. The lowest BCUT2D eigenvalue weighted by Gasteiger charge is -2.20. The zero-order valence-electron chi connectivity index (χ0n) is 13.6. The summed E-state index contributed by atoms with van der Waals surface area (Å²) in [7, 11) is 1.72. The summed E-state index contributed by atoms with van der Waals surface area (Å²) < 4.78 is 6.51. The van der Waals surface area contributed by atoms with Crippen molar-refractivity contribution in [3.63, 3.8) is 0 Å². The Morgan fingerprint density at radius 3 is 2.67 bits per heavy atom. The smallest absolute Gasteiger partial charge is 0.119 e. The Hall–Kier alpha value is -0.190. The first-order chi connectivity index (χ1) is 10.1. The first kappa shape index (κ1) is 18.9. The molecular weight excluding hydrogens is 346 g/mol. The molecule has 0 bridgehead atoms. The Morgan fingerprint density at radius 1 is 1.29 bits per heavy atom. The molecule has 1 rings (SSSR count). The minimum Gasteiger partial charge on any atom is -0.497 e. The average Bonchev–Trinajstić information content (AvgIpc) is 2.46. The Labute approximate surface area is 142 Å². The van der Waals surface area contributed by atoms with Crippen LogP contribution in [0.5, 0.6) is 5.75 Å². The van der Waals surface area contributed by atoms with E-state index in [2.05, 4.69) is 54.2 Å². The first-order valence-electron chi connectivity index (χ1n) is 7.70. The normalized spacial score (nSPS) is 12.7. The molecule has 120 valence electrons. The van der Waals surface area contributed by atoms with Gasteiger partial charge in [0.1, 0.15) is 5.75 Å². The van der Waals surface area contributed by atoms with E-state index in [1.807, 2.05) is 17.8 Å². The van der Waals surface area contributed by atoms with E-state index < -0.39 is 0 Å². The van der Waals surface area contributed by atoms with Gasteiger partial charge >= 0.3 is 0 Å². The molecule has 0 aromatic heterocycles. The maximum atomic E-state index is 5.34. The number of methoxy groups -OCH3 is 1. The van der Waals surface area contributed by atoms with E-state index in [1.54, 1.807) is 7.11 Å². The molecule has 0 heterocycles. The van der Waals surface area contributed by atoms with Gasteiger partial charge in [-0.2, -0.15) is 11.8 Å². The number of rotatable bonds is 10. The number of thioether (sulfide) groups is 1. The van der Waals surface area contributed by atoms with Gasteiger partial charge in [0.15, 0.2) is 0 Å². The fourth-order valence-corrected chi connectivity index (χ4v) is 3.62. The topological polar surface area (TPSA) is 21.3 Å². The van der Waals surface area contributed by atoms with E-state index in [0.29, 0.717) is 6.04 Å². The highest BCUT2D eigenvalue weighted by Gasteiger charge is 2.12. The van der Waals surface area contributed by atoms with Gasteiger partial charge in [-0.1, -0.05) is 36.7 Å². The zero-order valence-corrected chi connectivity index (χ0v) is 16.0. The van der Waals surface area contributed by atoms with Gasteiger partial charge in [0, 0.05) is 16.3 Å². The molecule has 0 amide bonds. The molecule has 4 heteroatoms. The third kappa shape index (κ3) is 7.57. The Balaban J connectivity index is 2.65. The Morgan fingerprint density at radius 2 is 2.05 bits per heavy atom. The molecule has 0 saturated carbocycles. The van der Waals surface area contributed by atoms with Crippen LogP contribution in [0.2, 0.25) is 0 Å². The molecule has 0 spiro atoms. The quantitative estimate of drug-likeness (QED) is 0.638. The summed E-state index contributed by atoms with van der Waals surface area (Å²) in [4.78, 5) is 0. The van der Waals surface area contributed by atoms with Crippen molar-refractivity contribution in [2.24, 2.45) is 5.92 Å². The first-order valence-corrected chi connectivity index (χ1v) is 9.65. The van der Waals surface area contributed by atoms with E-state index in [-0.39, 0.29) is 0 Å². The van der Waals surface area contributed by atoms with E-state index in [9.17, 15) is 0 Å². The van der Waals surface area contributed by atoms with Gasteiger partial charge in [-0.25, -0.2) is 0 Å². The van der Waals surface area contributed by atoms with Crippen LogP contribution in [0.4, 0.5) is 0 Å². The summed E-state index contributed by atoms with van der Waals surface area (Å²) in [6.07, 6.45) is 2.20. The summed E-state index contributed by atoms with van der Waals surface area (Å²) in [6, 6.07) is 6.72. The number of nitrogens with one attached hydrogen (secondary N) is 1. The van der Waals surface area contributed by atoms with Crippen molar-refractivity contribution < 1.29 is 4.74 Å². The van der Waals surface area contributed by atoms with Gasteiger partial charge in [-0.3, -0.25) is 0 Å². The molecule has 0 fully saturated rings. The van der Waals surface area contributed by atoms with Crippen LogP contribution in [0, 0.1) is 5.92 Å². The standard InChI is InChI=1S/C17H28BrNOS/c1-5-8-19-15(12-21-11-13(2)3)9-14-10-16(20-4)6-7-17(14)18/h6-7,10,13,15,19H,5,8-9,11-12H2,1-4H3. The highest BCUT2D eigenvalue weighted by molar-refractivity contribution is 9.10. The second-order valence-electron chi connectivity index (χ2n) is 5.74. The van der Waals surface area contributed by atoms with Gasteiger partial charge in [-0.15, -0.1) is 0 Å². The third-order valence-corrected chi connectivity index (χ3v) is 5.49. The van der Waals surface area contributed by atoms with Crippen molar-refractivity contribution in [1.82, 2.24) is 5.32 Å². The fourth-order valence-electron chi connectivity index (χ4n) is 2.08. The monoisotopic (exact) mass is 373 g/mol. The lowest BCUT2D eigenvalue weighted by Crippen LogP contribution is -2.34. The van der Waals surface area contributed by atoms with Crippen molar-refractivity contribution in [1.29, 1.82) is 0 Å². The highest BCUT2D eigenvalue weighted by Crippen LogP contribution is 2.24. The van der Waals surface area contributed by atoms with Crippen LogP contribution in [0.15, 0.2) is 22.7 Å². The Bertz CT molecular complexity index is 412. The third-order valence-electron chi connectivity index (χ3n) is 3.17. The van der Waals surface area contributed by atoms with Crippen LogP contribution in [-0.4, -0.2) is 31.2 Å². The summed E-state index contributed by atoms with van der Waals surface area (Å²) in [6.45, 7) is 7.85. The van der Waals surface area contributed by atoms with Gasteiger partial charge < -0.3 is 10.1 Å². The number of ether oxygens (including phenoxy) is 1. The zero-order chi connectivity index (χ0) is 15.7. The van der Waals surface area contributed by atoms with Crippen LogP contribution < -0.4 is 10.1 Å². The van der Waals surface area contributed by atoms with Crippen molar-refractivity contribution in [2.45, 2.75) is 39.7 Å². The number of halogens is 1. The molecule has 0 aliphatic carbocycles. The van der Waals surface area contributed by atoms with Crippen LogP contribution in [0.25, 0.3) is 0 Å². The average molecular weight is 374 g/mol. The van der Waals surface area contributed by atoms with Gasteiger partial charge in [-0.05, 0) is 54.8 Å². The fraction of sp³-hybridized carbons (Fsp3) is 0.647. The predicted octanol–water partition coefficient (Wildman–Crippen LogP) is 4.76. The van der Waals surface area contributed by atoms with Crippen LogP contribution in [-0.2, 0) is 6.42 Å². The highest BCUT2D eigenvalue weighted by atomic mass is 79.9. The van der Waals surface area contributed by atoms with Crippen molar-refractivity contribution in [3.05, 3.63) is 28.2 Å². The van der Waals surface area contributed by atoms with Crippen LogP contribution >= 0.6 is 27.7 Å². The van der Waals surface area contributed by atoms with Gasteiger partial charge in [0.25, 0.3) is 0 Å². The number of hydrogen-bond acceptors (Lipinski definition) is 3. The van der Waals surface area contributed by atoms with E-state index in [1.165, 1.54) is 22.2 Å². The summed E-state index contributed by atoms with van der Waals surface area (Å²) in [5.41, 5.74) is 1.31. The molecule has 1 aromatic carbocycles. The van der Waals surface area contributed by atoms with Crippen LogP contribution in [0.1, 0.15) is 32.8 Å². The molecule has 1 atom stereocenters. The SMILES string of the molecule is CCCNC(CSCC(C)C)Cc1cc(OC)ccc1Br. The predicted molar refractivity (Wildman–Crippen MR) is 98.6 cm³/mol. The van der Waals surface area contributed by atoms with E-state index in [4.69, 9.17) is 4.74 Å². The molecular formula is C17H28BrNOS. The summed E-state index contributed by atoms with van der Waals surface area (Å²) in [5.74, 6) is 4.06. The largest absolute Gasteiger partial charge is 0.497 e. The molecule has 1 N–H and O–H groups in total. The minimum absolute atomic E-state index is 0.511. The molecule has 1 unspecified atom stereocenters. The minimum atomic E-state index is 0.511. The van der Waals surface area contributed by atoms with Crippen molar-refractivity contribution in [3.8, 4) is 5.75 Å². The number of benzene rings is 1. The molecule has 0 aliphatic heterocycles.